The van der Waals surface area contributed by atoms with Gasteiger partial charge in [-0.3, -0.25) is 0 Å². The first-order valence-corrected chi connectivity index (χ1v) is 9.16. The third kappa shape index (κ3) is 4.38. The van der Waals surface area contributed by atoms with Crippen molar-refractivity contribution in [3.8, 4) is 0 Å². The fourth-order valence-electron chi connectivity index (χ4n) is 4.01. The van der Waals surface area contributed by atoms with E-state index in [1.807, 2.05) is 0 Å². The minimum Gasteiger partial charge on any atom is -0.372 e. The highest BCUT2D eigenvalue weighted by Gasteiger charge is 2.26. The van der Waals surface area contributed by atoms with Crippen molar-refractivity contribution < 1.29 is 0 Å². The largest absolute Gasteiger partial charge is 0.372 e. The third-order valence-electron chi connectivity index (χ3n) is 5.26. The number of hydrogen-bond donors (Lipinski definition) is 0. The van der Waals surface area contributed by atoms with E-state index in [0.717, 1.165) is 11.8 Å². The first-order chi connectivity index (χ1) is 10.7. The molecule has 2 rings (SSSR count). The van der Waals surface area contributed by atoms with Gasteiger partial charge in [0.05, 0.1) is 0 Å². The summed E-state index contributed by atoms with van der Waals surface area (Å²) < 4.78 is 0. The van der Waals surface area contributed by atoms with E-state index in [4.69, 9.17) is 0 Å². The summed E-state index contributed by atoms with van der Waals surface area (Å²) in [5.74, 6) is 1.88. The molecule has 1 aliphatic heterocycles. The molecule has 0 N–H and O–H groups in total. The molecule has 0 bridgehead atoms. The molecule has 1 nitrogen and oxygen atoms in total. The van der Waals surface area contributed by atoms with Gasteiger partial charge in [-0.25, -0.2) is 0 Å². The number of rotatable bonds is 7. The summed E-state index contributed by atoms with van der Waals surface area (Å²) in [6.45, 7) is 13.5. The molecule has 0 amide bonds. The van der Waals surface area contributed by atoms with Crippen molar-refractivity contribution >= 4 is 5.70 Å². The zero-order valence-corrected chi connectivity index (χ0v) is 14.8. The summed E-state index contributed by atoms with van der Waals surface area (Å²) in [6, 6.07) is 8.74. The van der Waals surface area contributed by atoms with E-state index in [1.165, 1.54) is 68.4 Å². The first-order valence-electron chi connectivity index (χ1n) is 9.16. The van der Waals surface area contributed by atoms with Gasteiger partial charge in [-0.2, -0.15) is 0 Å². The van der Waals surface area contributed by atoms with Crippen LogP contribution in [0.3, 0.4) is 0 Å². The Balaban J connectivity index is 1.92. The van der Waals surface area contributed by atoms with E-state index in [2.05, 4.69) is 56.5 Å². The maximum Gasteiger partial charge on any atom is 0.0366 e. The normalized spacial score (nSPS) is 16.3. The van der Waals surface area contributed by atoms with Gasteiger partial charge in [0.15, 0.2) is 0 Å². The van der Waals surface area contributed by atoms with Crippen LogP contribution in [-0.2, 0) is 0 Å². The van der Waals surface area contributed by atoms with Gasteiger partial charge in [0.2, 0.25) is 0 Å². The lowest BCUT2D eigenvalue weighted by Gasteiger charge is -2.38. The number of hydrogen-bond acceptors (Lipinski definition) is 1. The monoisotopic (exact) mass is 299 g/mol. The van der Waals surface area contributed by atoms with Crippen LogP contribution in [-0.4, -0.2) is 18.0 Å². The zero-order valence-electron chi connectivity index (χ0n) is 14.8. The van der Waals surface area contributed by atoms with Crippen LogP contribution in [0.4, 0.5) is 0 Å². The van der Waals surface area contributed by atoms with Crippen molar-refractivity contribution in [2.75, 3.05) is 13.1 Å². The van der Waals surface area contributed by atoms with Crippen LogP contribution in [0, 0.1) is 18.8 Å². The maximum absolute atomic E-state index is 4.36. The van der Waals surface area contributed by atoms with Crippen LogP contribution in [0.25, 0.3) is 5.70 Å². The number of aryl methyl sites for hydroxylation is 1. The molecule has 0 unspecified atom stereocenters. The minimum absolute atomic E-state index is 0.932. The highest BCUT2D eigenvalue weighted by molar-refractivity contribution is 5.62. The molecular weight excluding hydrogens is 266 g/mol. The molecule has 0 atom stereocenters. The summed E-state index contributed by atoms with van der Waals surface area (Å²) in [4.78, 5) is 2.50. The van der Waals surface area contributed by atoms with Crippen LogP contribution < -0.4 is 0 Å². The van der Waals surface area contributed by atoms with Gasteiger partial charge in [0, 0.05) is 18.8 Å². The average molecular weight is 300 g/mol. The Labute approximate surface area is 137 Å². The lowest BCUT2D eigenvalue weighted by atomic mass is 9.79. The fourth-order valence-corrected chi connectivity index (χ4v) is 4.01. The van der Waals surface area contributed by atoms with Crippen LogP contribution in [0.2, 0.25) is 0 Å². The van der Waals surface area contributed by atoms with E-state index >= 15 is 0 Å². The van der Waals surface area contributed by atoms with Crippen LogP contribution in [0.1, 0.15) is 63.5 Å². The topological polar surface area (TPSA) is 3.24 Å². The SMILES string of the molecule is C=C(c1cccc(C)c1)N1CCC(C(CCC)CCC)CC1. The van der Waals surface area contributed by atoms with Crippen LogP contribution >= 0.6 is 0 Å². The predicted molar refractivity (Wildman–Crippen MR) is 97.8 cm³/mol. The van der Waals surface area contributed by atoms with Crippen molar-refractivity contribution in [3.63, 3.8) is 0 Å². The molecule has 122 valence electrons. The Kier molecular flexibility index (Phi) is 6.54. The van der Waals surface area contributed by atoms with Crippen molar-refractivity contribution in [1.82, 2.24) is 4.90 Å². The van der Waals surface area contributed by atoms with E-state index < -0.39 is 0 Å². The van der Waals surface area contributed by atoms with Gasteiger partial charge in [-0.15, -0.1) is 0 Å². The lowest BCUT2D eigenvalue weighted by molar-refractivity contribution is 0.178. The number of benzene rings is 1. The molecule has 1 heterocycles. The molecule has 1 saturated heterocycles. The molecule has 1 heteroatoms. The highest BCUT2D eigenvalue weighted by Crippen LogP contribution is 2.33. The summed E-state index contributed by atoms with van der Waals surface area (Å²) in [7, 11) is 0. The molecule has 1 aromatic carbocycles. The molecule has 0 aromatic heterocycles. The third-order valence-corrected chi connectivity index (χ3v) is 5.26. The van der Waals surface area contributed by atoms with E-state index in [1.54, 1.807) is 0 Å². The summed E-state index contributed by atoms with van der Waals surface area (Å²) >= 11 is 0. The van der Waals surface area contributed by atoms with Gasteiger partial charge in [-0.05, 0) is 43.2 Å². The van der Waals surface area contributed by atoms with Crippen LogP contribution in [0.5, 0.6) is 0 Å². The van der Waals surface area contributed by atoms with Crippen molar-refractivity contribution in [1.29, 1.82) is 0 Å². The Morgan fingerprint density at radius 1 is 1.18 bits per heavy atom. The molecule has 1 fully saturated rings. The minimum atomic E-state index is 0.932. The molecule has 0 radical (unpaired) electrons. The Bertz CT molecular complexity index is 463. The van der Waals surface area contributed by atoms with Gasteiger partial charge in [0.25, 0.3) is 0 Å². The highest BCUT2D eigenvalue weighted by atomic mass is 15.1. The first kappa shape index (κ1) is 17.1. The number of likely N-dealkylation sites (tertiary alicyclic amines) is 1. The zero-order chi connectivity index (χ0) is 15.9. The van der Waals surface area contributed by atoms with Crippen molar-refractivity contribution in [2.24, 2.45) is 11.8 Å². The molecule has 0 spiro atoms. The number of nitrogens with zero attached hydrogens (tertiary/aromatic N) is 1. The maximum atomic E-state index is 4.36. The second-order valence-corrected chi connectivity index (χ2v) is 6.98. The average Bonchev–Trinajstić information content (AvgIpc) is 2.54. The molecular formula is C21H33N. The predicted octanol–water partition coefficient (Wildman–Crippen LogP) is 5.89. The second-order valence-electron chi connectivity index (χ2n) is 6.98. The Hall–Kier alpha value is -1.24. The quantitative estimate of drug-likeness (QED) is 0.606. The van der Waals surface area contributed by atoms with Crippen LogP contribution in [0.15, 0.2) is 30.8 Å². The molecule has 1 aromatic rings. The number of piperidine rings is 1. The van der Waals surface area contributed by atoms with Gasteiger partial charge in [0.1, 0.15) is 0 Å². The van der Waals surface area contributed by atoms with Crippen molar-refractivity contribution in [3.05, 3.63) is 42.0 Å². The Morgan fingerprint density at radius 3 is 2.36 bits per heavy atom. The second kappa shape index (κ2) is 8.41. The van der Waals surface area contributed by atoms with E-state index in [-0.39, 0.29) is 0 Å². The summed E-state index contributed by atoms with van der Waals surface area (Å²) in [6.07, 6.45) is 8.18. The van der Waals surface area contributed by atoms with Gasteiger partial charge < -0.3 is 4.90 Å². The fraction of sp³-hybridized carbons (Fsp3) is 0.619. The summed E-state index contributed by atoms with van der Waals surface area (Å²) in [5.41, 5.74) is 3.82. The molecule has 0 saturated carbocycles. The van der Waals surface area contributed by atoms with E-state index in [9.17, 15) is 0 Å². The van der Waals surface area contributed by atoms with E-state index in [0.29, 0.717) is 0 Å². The van der Waals surface area contributed by atoms with Gasteiger partial charge in [-0.1, -0.05) is 69.9 Å². The molecule has 1 aliphatic rings. The molecule has 0 aliphatic carbocycles. The summed E-state index contributed by atoms with van der Waals surface area (Å²) in [5, 5.41) is 0. The van der Waals surface area contributed by atoms with Gasteiger partial charge >= 0.3 is 0 Å². The lowest BCUT2D eigenvalue weighted by Crippen LogP contribution is -2.34. The Morgan fingerprint density at radius 2 is 1.82 bits per heavy atom. The standard InChI is InChI=1S/C21H33N/c1-5-8-19(9-6-2)20-12-14-22(15-13-20)18(4)21-11-7-10-17(3)16-21/h7,10-11,16,19-20H,4-6,8-9,12-15H2,1-3H3. The smallest absolute Gasteiger partial charge is 0.0366 e. The molecule has 22 heavy (non-hydrogen) atoms. The van der Waals surface area contributed by atoms with Crippen molar-refractivity contribution in [2.45, 2.75) is 59.3 Å².